The van der Waals surface area contributed by atoms with Gasteiger partial charge in [0.15, 0.2) is 0 Å². The maximum absolute atomic E-state index is 14.6. The zero-order chi connectivity index (χ0) is 17.4. The number of fused-ring (bicyclic) bond motifs is 1. The number of aromatic carboxylic acids is 1. The van der Waals surface area contributed by atoms with Gasteiger partial charge in [-0.2, -0.15) is 0 Å². The highest BCUT2D eigenvalue weighted by molar-refractivity contribution is 6.07. The maximum atomic E-state index is 14.6. The van der Waals surface area contributed by atoms with Crippen LogP contribution in [0.2, 0.25) is 0 Å². The van der Waals surface area contributed by atoms with Crippen LogP contribution in [0.5, 0.6) is 5.75 Å². The predicted octanol–water partition coefficient (Wildman–Crippen LogP) is 4.12. The van der Waals surface area contributed by atoms with E-state index >= 15 is 0 Å². The highest BCUT2D eigenvalue weighted by Crippen LogP contribution is 2.38. The van der Waals surface area contributed by atoms with Gasteiger partial charge in [-0.05, 0) is 35.2 Å². The van der Waals surface area contributed by atoms with Crippen molar-refractivity contribution in [2.45, 2.75) is 0 Å². The van der Waals surface area contributed by atoms with Crippen molar-refractivity contribution in [2.75, 3.05) is 19.0 Å². The Balaban J connectivity index is 2.34. The number of hydrogen-bond acceptors (Lipinski definition) is 3. The second kappa shape index (κ2) is 5.85. The second-order valence-electron chi connectivity index (χ2n) is 5.73. The van der Waals surface area contributed by atoms with Crippen LogP contribution in [0, 0.1) is 5.82 Å². The first-order chi connectivity index (χ1) is 11.4. The first-order valence-electron chi connectivity index (χ1n) is 7.35. The largest absolute Gasteiger partial charge is 0.506 e. The van der Waals surface area contributed by atoms with E-state index in [1.165, 1.54) is 12.1 Å². The summed E-state index contributed by atoms with van der Waals surface area (Å²) in [7, 11) is 3.62. The third-order valence-corrected chi connectivity index (χ3v) is 4.01. The van der Waals surface area contributed by atoms with Crippen molar-refractivity contribution in [3.8, 4) is 16.9 Å². The van der Waals surface area contributed by atoms with Gasteiger partial charge < -0.3 is 15.1 Å². The van der Waals surface area contributed by atoms with Gasteiger partial charge in [-0.25, -0.2) is 9.18 Å². The molecule has 0 aromatic heterocycles. The number of aromatic hydroxyl groups is 1. The van der Waals surface area contributed by atoms with Crippen molar-refractivity contribution in [2.24, 2.45) is 0 Å². The number of halogens is 1. The molecule has 0 aliphatic heterocycles. The summed E-state index contributed by atoms with van der Waals surface area (Å²) < 4.78 is 14.6. The normalized spacial score (nSPS) is 10.8. The van der Waals surface area contributed by atoms with Gasteiger partial charge in [0.05, 0.1) is 0 Å². The number of carbonyl (C=O) groups is 1. The van der Waals surface area contributed by atoms with Crippen LogP contribution in [0.4, 0.5) is 10.1 Å². The molecule has 0 atom stereocenters. The van der Waals surface area contributed by atoms with E-state index in [9.17, 15) is 19.4 Å². The smallest absolute Gasteiger partial charge is 0.339 e. The highest BCUT2D eigenvalue weighted by atomic mass is 19.1. The third-order valence-electron chi connectivity index (χ3n) is 4.01. The number of phenols is 1. The number of hydrogen-bond donors (Lipinski definition) is 2. The molecule has 0 bridgehead atoms. The molecule has 0 aliphatic carbocycles. The quantitative estimate of drug-likeness (QED) is 0.760. The molecule has 3 aromatic carbocycles. The van der Waals surface area contributed by atoms with Gasteiger partial charge >= 0.3 is 5.97 Å². The first kappa shape index (κ1) is 15.8. The summed E-state index contributed by atoms with van der Waals surface area (Å²) in [5, 5.41) is 20.5. The number of carboxylic acid groups (broad SMARTS) is 1. The molecular formula is C19H16FNO3. The molecule has 0 saturated heterocycles. The monoisotopic (exact) mass is 325 g/mol. The first-order valence-corrected chi connectivity index (χ1v) is 7.35. The van der Waals surface area contributed by atoms with Crippen LogP contribution in [0.1, 0.15) is 10.4 Å². The van der Waals surface area contributed by atoms with Crippen LogP contribution in [0.3, 0.4) is 0 Å². The highest BCUT2D eigenvalue weighted by Gasteiger charge is 2.19. The van der Waals surface area contributed by atoms with Crippen LogP contribution in [0.25, 0.3) is 21.9 Å². The van der Waals surface area contributed by atoms with Crippen LogP contribution in [0.15, 0.2) is 48.5 Å². The molecule has 0 spiro atoms. The average Bonchev–Trinajstić information content (AvgIpc) is 2.55. The molecule has 5 heteroatoms. The van der Waals surface area contributed by atoms with Gasteiger partial charge in [0, 0.05) is 30.7 Å². The standard InChI is InChI=1S/C19H16FNO3/c1-21(2)11-7-8-13(17(20)9-11)15-10-16(19(23)24)18(22)14-6-4-3-5-12(14)15/h3-10,22H,1-2H3,(H,23,24). The van der Waals surface area contributed by atoms with E-state index in [0.717, 1.165) is 0 Å². The van der Waals surface area contributed by atoms with Crippen LogP contribution >= 0.6 is 0 Å². The van der Waals surface area contributed by atoms with E-state index in [2.05, 4.69) is 0 Å². The maximum Gasteiger partial charge on any atom is 0.339 e. The van der Waals surface area contributed by atoms with E-state index in [1.54, 1.807) is 41.3 Å². The molecule has 0 radical (unpaired) electrons. The summed E-state index contributed by atoms with van der Waals surface area (Å²) in [5.74, 6) is -2.02. The number of anilines is 1. The number of nitrogens with zero attached hydrogens (tertiary/aromatic N) is 1. The Morgan fingerprint density at radius 2 is 1.67 bits per heavy atom. The average molecular weight is 325 g/mol. The summed E-state index contributed by atoms with van der Waals surface area (Å²) >= 11 is 0. The lowest BCUT2D eigenvalue weighted by molar-refractivity contribution is 0.0694. The Hall–Kier alpha value is -3.08. The van der Waals surface area contributed by atoms with Gasteiger partial charge in [-0.15, -0.1) is 0 Å². The van der Waals surface area contributed by atoms with E-state index in [1.807, 2.05) is 14.1 Å². The fourth-order valence-electron chi connectivity index (χ4n) is 2.75. The molecule has 0 heterocycles. The summed E-state index contributed by atoms with van der Waals surface area (Å²) in [5.41, 5.74) is 1.18. The summed E-state index contributed by atoms with van der Waals surface area (Å²) in [6.45, 7) is 0. The van der Waals surface area contributed by atoms with Crippen molar-refractivity contribution in [1.29, 1.82) is 0 Å². The molecule has 0 saturated carbocycles. The predicted molar refractivity (Wildman–Crippen MR) is 92.3 cm³/mol. The zero-order valence-corrected chi connectivity index (χ0v) is 13.2. The number of benzene rings is 3. The molecular weight excluding hydrogens is 309 g/mol. The lowest BCUT2D eigenvalue weighted by Gasteiger charge is -2.15. The van der Waals surface area contributed by atoms with Gasteiger partial charge in [-0.1, -0.05) is 24.3 Å². The van der Waals surface area contributed by atoms with Crippen molar-refractivity contribution >= 4 is 22.4 Å². The molecule has 3 rings (SSSR count). The SMILES string of the molecule is CN(C)c1ccc(-c2cc(C(=O)O)c(O)c3ccccc23)c(F)c1. The van der Waals surface area contributed by atoms with Crippen molar-refractivity contribution in [1.82, 2.24) is 0 Å². The van der Waals surface area contributed by atoms with E-state index in [0.29, 0.717) is 27.6 Å². The topological polar surface area (TPSA) is 60.8 Å². The lowest BCUT2D eigenvalue weighted by Crippen LogP contribution is -2.08. The van der Waals surface area contributed by atoms with E-state index in [-0.39, 0.29) is 11.3 Å². The Labute approximate surface area is 138 Å². The zero-order valence-electron chi connectivity index (χ0n) is 13.2. The summed E-state index contributed by atoms with van der Waals surface area (Å²) in [6, 6.07) is 12.9. The Morgan fingerprint density at radius 3 is 2.25 bits per heavy atom. The van der Waals surface area contributed by atoms with Gasteiger partial charge in [0.25, 0.3) is 0 Å². The van der Waals surface area contributed by atoms with E-state index < -0.39 is 11.8 Å². The molecule has 122 valence electrons. The van der Waals surface area contributed by atoms with E-state index in [4.69, 9.17) is 0 Å². The Bertz CT molecular complexity index is 951. The minimum atomic E-state index is -1.26. The number of rotatable bonds is 3. The minimum absolute atomic E-state index is 0.250. The Kier molecular flexibility index (Phi) is 3.85. The van der Waals surface area contributed by atoms with Crippen molar-refractivity contribution in [3.05, 3.63) is 59.9 Å². The molecule has 0 aliphatic rings. The van der Waals surface area contributed by atoms with Crippen molar-refractivity contribution < 1.29 is 19.4 Å². The second-order valence-corrected chi connectivity index (χ2v) is 5.73. The van der Waals surface area contributed by atoms with Gasteiger partial charge in [0.2, 0.25) is 0 Å². The summed E-state index contributed by atoms with van der Waals surface area (Å²) in [4.78, 5) is 13.2. The molecule has 4 nitrogen and oxygen atoms in total. The summed E-state index contributed by atoms with van der Waals surface area (Å²) in [6.07, 6.45) is 0. The fraction of sp³-hybridized carbons (Fsp3) is 0.105. The van der Waals surface area contributed by atoms with Gasteiger partial charge in [-0.3, -0.25) is 0 Å². The van der Waals surface area contributed by atoms with Gasteiger partial charge in [0.1, 0.15) is 17.1 Å². The van der Waals surface area contributed by atoms with Crippen LogP contribution in [-0.4, -0.2) is 30.3 Å². The van der Waals surface area contributed by atoms with Crippen LogP contribution in [-0.2, 0) is 0 Å². The molecule has 0 fully saturated rings. The Morgan fingerprint density at radius 1 is 1.00 bits per heavy atom. The molecule has 3 aromatic rings. The minimum Gasteiger partial charge on any atom is -0.506 e. The molecule has 0 amide bonds. The van der Waals surface area contributed by atoms with Crippen molar-refractivity contribution in [3.63, 3.8) is 0 Å². The molecule has 2 N–H and O–H groups in total. The molecule has 24 heavy (non-hydrogen) atoms. The lowest BCUT2D eigenvalue weighted by atomic mass is 9.94. The molecule has 0 unspecified atom stereocenters. The number of carboxylic acids is 1. The fourth-order valence-corrected chi connectivity index (χ4v) is 2.75. The van der Waals surface area contributed by atoms with Crippen LogP contribution < -0.4 is 4.90 Å². The third kappa shape index (κ3) is 2.54.